The summed E-state index contributed by atoms with van der Waals surface area (Å²) in [6.07, 6.45) is 2.54. The standard InChI is InChI=1S/C16H16N6OS/c1-10-17-13(9-24-10)8-15(23)18-12-4-2-11(3-5-12)16-19-20-21-22(16)14-6-7-14/h2-5,9,14H,6-8H2,1H3,(H,18,23). The molecule has 1 amide bonds. The second-order valence-corrected chi connectivity index (χ2v) is 6.90. The fraction of sp³-hybridized carbons (Fsp3) is 0.312. The van der Waals surface area contributed by atoms with Gasteiger partial charge in [-0.2, -0.15) is 0 Å². The molecule has 0 radical (unpaired) electrons. The first kappa shape index (κ1) is 14.9. The smallest absolute Gasteiger partial charge is 0.230 e. The van der Waals surface area contributed by atoms with Gasteiger partial charge in [0.05, 0.1) is 23.2 Å². The van der Waals surface area contributed by atoms with E-state index in [1.54, 1.807) is 11.3 Å². The van der Waals surface area contributed by atoms with Gasteiger partial charge in [0.15, 0.2) is 5.82 Å². The molecule has 1 saturated carbocycles. The van der Waals surface area contributed by atoms with Crippen molar-refractivity contribution in [3.05, 3.63) is 40.3 Å². The quantitative estimate of drug-likeness (QED) is 0.771. The number of carbonyl (C=O) groups is 1. The third kappa shape index (κ3) is 3.18. The van der Waals surface area contributed by atoms with Crippen LogP contribution >= 0.6 is 11.3 Å². The summed E-state index contributed by atoms with van der Waals surface area (Å²) < 4.78 is 1.87. The minimum Gasteiger partial charge on any atom is -0.326 e. The van der Waals surface area contributed by atoms with Crippen molar-refractivity contribution >= 4 is 22.9 Å². The number of nitrogens with one attached hydrogen (secondary N) is 1. The second kappa shape index (κ2) is 6.12. The number of benzene rings is 1. The summed E-state index contributed by atoms with van der Waals surface area (Å²) in [5, 5.41) is 17.7. The van der Waals surface area contributed by atoms with Crippen LogP contribution in [0.4, 0.5) is 5.69 Å². The van der Waals surface area contributed by atoms with E-state index >= 15 is 0 Å². The van der Waals surface area contributed by atoms with E-state index in [9.17, 15) is 4.79 Å². The van der Waals surface area contributed by atoms with Gasteiger partial charge in [0.1, 0.15) is 0 Å². The molecule has 2 heterocycles. The van der Waals surface area contributed by atoms with Gasteiger partial charge in [0, 0.05) is 16.6 Å². The molecule has 122 valence electrons. The second-order valence-electron chi connectivity index (χ2n) is 5.84. The maximum atomic E-state index is 12.1. The first-order chi connectivity index (χ1) is 11.7. The summed E-state index contributed by atoms with van der Waals surface area (Å²) in [6.45, 7) is 1.93. The van der Waals surface area contributed by atoms with Crippen LogP contribution in [-0.4, -0.2) is 31.1 Å². The lowest BCUT2D eigenvalue weighted by Crippen LogP contribution is -2.14. The fourth-order valence-electron chi connectivity index (χ4n) is 2.51. The van der Waals surface area contributed by atoms with E-state index < -0.39 is 0 Å². The molecule has 0 aliphatic heterocycles. The predicted octanol–water partition coefficient (Wildman–Crippen LogP) is 2.62. The highest BCUT2D eigenvalue weighted by Gasteiger charge is 2.28. The molecule has 0 unspecified atom stereocenters. The molecule has 0 atom stereocenters. The number of thiazole rings is 1. The summed E-state index contributed by atoms with van der Waals surface area (Å²) in [5.74, 6) is 0.698. The molecule has 0 spiro atoms. The van der Waals surface area contributed by atoms with Gasteiger partial charge in [-0.3, -0.25) is 4.79 Å². The van der Waals surface area contributed by atoms with Crippen LogP contribution in [0.15, 0.2) is 29.6 Å². The lowest BCUT2D eigenvalue weighted by atomic mass is 10.2. The number of hydrogen-bond acceptors (Lipinski definition) is 6. The van der Waals surface area contributed by atoms with Gasteiger partial charge in [-0.25, -0.2) is 9.67 Å². The molecule has 24 heavy (non-hydrogen) atoms. The van der Waals surface area contributed by atoms with Crippen LogP contribution in [0, 0.1) is 6.92 Å². The van der Waals surface area contributed by atoms with Crippen molar-refractivity contribution in [3.63, 3.8) is 0 Å². The molecule has 0 bridgehead atoms. The van der Waals surface area contributed by atoms with Gasteiger partial charge in [-0.1, -0.05) is 0 Å². The first-order valence-corrected chi connectivity index (χ1v) is 8.66. The molecule has 1 aliphatic carbocycles. The van der Waals surface area contributed by atoms with Crippen LogP contribution in [0.3, 0.4) is 0 Å². The molecule has 1 N–H and O–H groups in total. The van der Waals surface area contributed by atoms with Gasteiger partial charge in [-0.05, 0) is 54.5 Å². The topological polar surface area (TPSA) is 85.6 Å². The summed E-state index contributed by atoms with van der Waals surface area (Å²) in [5.41, 5.74) is 2.50. The van der Waals surface area contributed by atoms with Gasteiger partial charge in [0.25, 0.3) is 0 Å². The van der Waals surface area contributed by atoms with Gasteiger partial charge < -0.3 is 5.32 Å². The summed E-state index contributed by atoms with van der Waals surface area (Å²) in [6, 6.07) is 8.01. The summed E-state index contributed by atoms with van der Waals surface area (Å²) in [4.78, 5) is 16.4. The van der Waals surface area contributed by atoms with E-state index in [4.69, 9.17) is 0 Å². The van der Waals surface area contributed by atoms with E-state index in [0.717, 1.165) is 40.6 Å². The number of carbonyl (C=O) groups excluding carboxylic acids is 1. The maximum Gasteiger partial charge on any atom is 0.230 e. The lowest BCUT2D eigenvalue weighted by Gasteiger charge is -2.06. The molecule has 1 aliphatic rings. The third-order valence-corrected chi connectivity index (χ3v) is 4.64. The van der Waals surface area contributed by atoms with Crippen LogP contribution in [-0.2, 0) is 11.2 Å². The average Bonchev–Trinajstić information content (AvgIpc) is 3.15. The summed E-state index contributed by atoms with van der Waals surface area (Å²) in [7, 11) is 0. The van der Waals surface area contributed by atoms with Crippen molar-refractivity contribution in [2.24, 2.45) is 0 Å². The zero-order chi connectivity index (χ0) is 16.5. The number of amides is 1. The molecule has 2 aromatic heterocycles. The SMILES string of the molecule is Cc1nc(CC(=O)Nc2ccc(-c3nnnn3C3CC3)cc2)cs1. The fourth-order valence-corrected chi connectivity index (χ4v) is 3.12. The lowest BCUT2D eigenvalue weighted by molar-refractivity contribution is -0.115. The van der Waals surface area contributed by atoms with Crippen LogP contribution in [0.25, 0.3) is 11.4 Å². The Balaban J connectivity index is 1.43. The van der Waals surface area contributed by atoms with Gasteiger partial charge in [0.2, 0.25) is 5.91 Å². The zero-order valence-corrected chi connectivity index (χ0v) is 14.0. The molecular formula is C16H16N6OS. The Hall–Kier alpha value is -2.61. The van der Waals surface area contributed by atoms with Crippen LogP contribution in [0.2, 0.25) is 0 Å². The van der Waals surface area contributed by atoms with Crippen molar-refractivity contribution < 1.29 is 4.79 Å². The Bertz CT molecular complexity index is 865. The number of tetrazole rings is 1. The van der Waals surface area contributed by atoms with Gasteiger partial charge in [-0.15, -0.1) is 16.4 Å². The summed E-state index contributed by atoms with van der Waals surface area (Å²) >= 11 is 1.55. The largest absolute Gasteiger partial charge is 0.326 e. The molecule has 8 heteroatoms. The van der Waals surface area contributed by atoms with Crippen molar-refractivity contribution in [2.75, 3.05) is 5.32 Å². The van der Waals surface area contributed by atoms with E-state index in [0.29, 0.717) is 6.04 Å². The number of hydrogen-bond donors (Lipinski definition) is 1. The van der Waals surface area contributed by atoms with Crippen LogP contribution in [0.5, 0.6) is 0 Å². The zero-order valence-electron chi connectivity index (χ0n) is 13.1. The van der Waals surface area contributed by atoms with E-state index in [2.05, 4.69) is 25.8 Å². The molecule has 3 aromatic rings. The Morgan fingerprint density at radius 1 is 1.33 bits per heavy atom. The monoisotopic (exact) mass is 340 g/mol. The van der Waals surface area contributed by atoms with Crippen LogP contribution in [0.1, 0.15) is 29.6 Å². The Morgan fingerprint density at radius 2 is 2.12 bits per heavy atom. The van der Waals surface area contributed by atoms with Crippen molar-refractivity contribution in [2.45, 2.75) is 32.2 Å². The average molecular weight is 340 g/mol. The van der Waals surface area contributed by atoms with E-state index in [-0.39, 0.29) is 12.3 Å². The van der Waals surface area contributed by atoms with Crippen molar-refractivity contribution in [1.29, 1.82) is 0 Å². The van der Waals surface area contributed by atoms with Crippen molar-refractivity contribution in [3.8, 4) is 11.4 Å². The molecule has 1 fully saturated rings. The highest BCUT2D eigenvalue weighted by Crippen LogP contribution is 2.36. The molecule has 4 rings (SSSR count). The highest BCUT2D eigenvalue weighted by atomic mass is 32.1. The van der Waals surface area contributed by atoms with Crippen LogP contribution < -0.4 is 5.32 Å². The van der Waals surface area contributed by atoms with E-state index in [1.165, 1.54) is 0 Å². The van der Waals surface area contributed by atoms with Crippen molar-refractivity contribution in [1.82, 2.24) is 25.2 Å². The highest BCUT2D eigenvalue weighted by molar-refractivity contribution is 7.09. The minimum atomic E-state index is -0.0733. The molecular weight excluding hydrogens is 324 g/mol. The number of rotatable bonds is 5. The number of nitrogens with zero attached hydrogens (tertiary/aromatic N) is 5. The molecule has 7 nitrogen and oxygen atoms in total. The molecule has 1 aromatic carbocycles. The number of anilines is 1. The number of aromatic nitrogens is 5. The molecule has 0 saturated heterocycles. The Morgan fingerprint density at radius 3 is 2.79 bits per heavy atom. The number of aryl methyl sites for hydroxylation is 1. The maximum absolute atomic E-state index is 12.1. The van der Waals surface area contributed by atoms with Gasteiger partial charge >= 0.3 is 0 Å². The third-order valence-electron chi connectivity index (χ3n) is 3.82. The Kier molecular flexibility index (Phi) is 3.81. The Labute approximate surface area is 142 Å². The van der Waals surface area contributed by atoms with E-state index in [1.807, 2.05) is 41.3 Å². The predicted molar refractivity (Wildman–Crippen MR) is 90.7 cm³/mol. The first-order valence-electron chi connectivity index (χ1n) is 7.78. The minimum absolute atomic E-state index is 0.0733. The normalized spacial score (nSPS) is 13.9.